The predicted octanol–water partition coefficient (Wildman–Crippen LogP) is 2.78. The summed E-state index contributed by atoms with van der Waals surface area (Å²) in [6.07, 6.45) is 0.774. The Bertz CT molecular complexity index is 1120. The first-order valence-corrected chi connectivity index (χ1v) is 10.3. The van der Waals surface area contributed by atoms with Crippen molar-refractivity contribution in [1.29, 1.82) is 0 Å². The second-order valence-corrected chi connectivity index (χ2v) is 7.37. The first-order chi connectivity index (χ1) is 14.6. The summed E-state index contributed by atoms with van der Waals surface area (Å²) in [7, 11) is 1.67. The molecule has 1 aliphatic rings. The van der Waals surface area contributed by atoms with E-state index in [1.165, 1.54) is 4.68 Å². The van der Waals surface area contributed by atoms with Gasteiger partial charge in [-0.05, 0) is 24.6 Å². The molecule has 0 aliphatic carbocycles. The lowest BCUT2D eigenvalue weighted by molar-refractivity contribution is 0.0740. The van der Waals surface area contributed by atoms with Gasteiger partial charge in [-0.25, -0.2) is 4.68 Å². The van der Waals surface area contributed by atoms with Crippen LogP contribution in [0.4, 0.5) is 5.69 Å². The third kappa shape index (κ3) is 3.63. The number of anilines is 1. The van der Waals surface area contributed by atoms with E-state index in [1.54, 1.807) is 19.2 Å². The highest BCUT2D eigenvalue weighted by molar-refractivity contribution is 6.04. The summed E-state index contributed by atoms with van der Waals surface area (Å²) in [5.74, 6) is 0.701. The van der Waals surface area contributed by atoms with Gasteiger partial charge in [0.1, 0.15) is 5.75 Å². The molecule has 2 aromatic carbocycles. The Hall–Kier alpha value is -3.35. The summed E-state index contributed by atoms with van der Waals surface area (Å²) in [4.78, 5) is 30.1. The number of aromatic nitrogens is 2. The molecule has 1 saturated heterocycles. The molecule has 156 valence electrons. The molecule has 4 rings (SSSR count). The number of aryl methyl sites for hydroxylation is 1. The maximum Gasteiger partial charge on any atom is 0.275 e. The molecule has 1 fully saturated rings. The van der Waals surface area contributed by atoms with Crippen LogP contribution in [0.5, 0.6) is 5.75 Å². The minimum Gasteiger partial charge on any atom is -0.495 e. The number of amides is 1. The van der Waals surface area contributed by atoms with Crippen LogP contribution in [-0.2, 0) is 6.54 Å². The number of fused-ring (bicyclic) bond motifs is 1. The lowest BCUT2D eigenvalue weighted by Gasteiger charge is -2.36. The smallest absolute Gasteiger partial charge is 0.275 e. The molecule has 30 heavy (non-hydrogen) atoms. The minimum absolute atomic E-state index is 0.129. The Kier molecular flexibility index (Phi) is 5.70. The van der Waals surface area contributed by atoms with E-state index in [4.69, 9.17) is 4.74 Å². The third-order valence-electron chi connectivity index (χ3n) is 5.50. The fraction of sp³-hybridized carbons (Fsp3) is 0.348. The molecule has 7 heteroatoms. The Morgan fingerprint density at radius 2 is 1.67 bits per heavy atom. The van der Waals surface area contributed by atoms with Crippen LogP contribution in [0.1, 0.15) is 23.8 Å². The number of piperazine rings is 1. The van der Waals surface area contributed by atoms with Gasteiger partial charge >= 0.3 is 0 Å². The zero-order valence-electron chi connectivity index (χ0n) is 17.4. The van der Waals surface area contributed by atoms with Crippen LogP contribution in [0.15, 0.2) is 53.3 Å². The standard InChI is InChI=1S/C23H26N4O3/c1-3-12-27-22(28)18-9-5-4-8-17(18)21(24-27)23(29)26-15-13-25(14-16-26)19-10-6-7-11-20(19)30-2/h4-11H,3,12-16H2,1-2H3. The average molecular weight is 406 g/mol. The molecule has 0 bridgehead atoms. The zero-order chi connectivity index (χ0) is 21.1. The summed E-state index contributed by atoms with van der Waals surface area (Å²) < 4.78 is 6.89. The van der Waals surface area contributed by atoms with Gasteiger partial charge < -0.3 is 14.5 Å². The highest BCUT2D eigenvalue weighted by atomic mass is 16.5. The molecule has 0 saturated carbocycles. The van der Waals surface area contributed by atoms with E-state index in [2.05, 4.69) is 10.00 Å². The van der Waals surface area contributed by atoms with Crippen LogP contribution in [-0.4, -0.2) is 53.9 Å². The molecular formula is C23H26N4O3. The van der Waals surface area contributed by atoms with Gasteiger partial charge in [0, 0.05) is 38.1 Å². The van der Waals surface area contributed by atoms with Crippen LogP contribution in [0.2, 0.25) is 0 Å². The molecule has 1 amide bonds. The van der Waals surface area contributed by atoms with E-state index in [0.717, 1.165) is 17.9 Å². The Labute approximate surface area is 175 Å². The van der Waals surface area contributed by atoms with E-state index in [1.807, 2.05) is 48.2 Å². The number of hydrogen-bond acceptors (Lipinski definition) is 5. The number of para-hydroxylation sites is 2. The summed E-state index contributed by atoms with van der Waals surface area (Å²) in [5.41, 5.74) is 1.24. The maximum absolute atomic E-state index is 13.4. The Morgan fingerprint density at radius 3 is 2.37 bits per heavy atom. The number of carbonyl (C=O) groups is 1. The van der Waals surface area contributed by atoms with Crippen LogP contribution in [0.3, 0.4) is 0 Å². The molecular weight excluding hydrogens is 380 g/mol. The molecule has 1 aliphatic heterocycles. The number of methoxy groups -OCH3 is 1. The minimum atomic E-state index is -0.148. The SMILES string of the molecule is CCCn1nc(C(=O)N2CCN(c3ccccc3OC)CC2)c2ccccc2c1=O. The summed E-state index contributed by atoms with van der Waals surface area (Å²) in [6, 6.07) is 15.1. The maximum atomic E-state index is 13.4. The molecule has 0 atom stereocenters. The van der Waals surface area contributed by atoms with Crippen molar-refractivity contribution in [1.82, 2.24) is 14.7 Å². The molecule has 2 heterocycles. The molecule has 3 aromatic rings. The van der Waals surface area contributed by atoms with Crippen LogP contribution >= 0.6 is 0 Å². The molecule has 0 spiro atoms. The van der Waals surface area contributed by atoms with Gasteiger partial charge in [0.2, 0.25) is 0 Å². The first-order valence-electron chi connectivity index (χ1n) is 10.3. The van der Waals surface area contributed by atoms with Gasteiger partial charge in [0.25, 0.3) is 11.5 Å². The Morgan fingerprint density at radius 1 is 1.00 bits per heavy atom. The number of ether oxygens (including phenoxy) is 1. The first kappa shape index (κ1) is 19.9. The summed E-state index contributed by atoms with van der Waals surface area (Å²) in [6.45, 7) is 5.06. The van der Waals surface area contributed by atoms with E-state index >= 15 is 0 Å². The molecule has 1 aromatic heterocycles. The highest BCUT2D eigenvalue weighted by Crippen LogP contribution is 2.28. The van der Waals surface area contributed by atoms with E-state index < -0.39 is 0 Å². The monoisotopic (exact) mass is 406 g/mol. The summed E-state index contributed by atoms with van der Waals surface area (Å²) in [5, 5.41) is 5.61. The van der Waals surface area contributed by atoms with E-state index in [-0.39, 0.29) is 11.5 Å². The van der Waals surface area contributed by atoms with Crippen molar-refractivity contribution in [3.63, 3.8) is 0 Å². The quantitative estimate of drug-likeness (QED) is 0.652. The second-order valence-electron chi connectivity index (χ2n) is 7.37. The average Bonchev–Trinajstić information content (AvgIpc) is 2.80. The highest BCUT2D eigenvalue weighted by Gasteiger charge is 2.26. The largest absolute Gasteiger partial charge is 0.495 e. The van der Waals surface area contributed by atoms with Crippen molar-refractivity contribution in [2.24, 2.45) is 0 Å². The third-order valence-corrected chi connectivity index (χ3v) is 5.50. The van der Waals surface area contributed by atoms with Crippen molar-refractivity contribution < 1.29 is 9.53 Å². The van der Waals surface area contributed by atoms with Crippen LogP contribution in [0.25, 0.3) is 10.8 Å². The number of hydrogen-bond donors (Lipinski definition) is 0. The Balaban J connectivity index is 1.60. The molecule has 0 radical (unpaired) electrons. The van der Waals surface area contributed by atoms with Crippen molar-refractivity contribution in [3.05, 3.63) is 64.6 Å². The zero-order valence-corrected chi connectivity index (χ0v) is 17.4. The molecule has 0 unspecified atom stereocenters. The van der Waals surface area contributed by atoms with E-state index in [0.29, 0.717) is 49.2 Å². The van der Waals surface area contributed by atoms with Crippen molar-refractivity contribution in [2.75, 3.05) is 38.2 Å². The normalized spacial score (nSPS) is 14.2. The van der Waals surface area contributed by atoms with Gasteiger partial charge in [0.05, 0.1) is 18.2 Å². The topological polar surface area (TPSA) is 67.7 Å². The number of carbonyl (C=O) groups excluding carboxylic acids is 1. The van der Waals surface area contributed by atoms with Gasteiger partial charge in [-0.1, -0.05) is 37.3 Å². The molecule has 7 nitrogen and oxygen atoms in total. The van der Waals surface area contributed by atoms with Gasteiger partial charge in [-0.2, -0.15) is 5.10 Å². The lowest BCUT2D eigenvalue weighted by atomic mass is 10.1. The van der Waals surface area contributed by atoms with Gasteiger partial charge in [0.15, 0.2) is 5.69 Å². The van der Waals surface area contributed by atoms with Crippen molar-refractivity contribution >= 4 is 22.4 Å². The fourth-order valence-corrected chi connectivity index (χ4v) is 3.95. The summed E-state index contributed by atoms with van der Waals surface area (Å²) >= 11 is 0. The second kappa shape index (κ2) is 8.57. The number of benzene rings is 2. The number of nitrogens with zero attached hydrogens (tertiary/aromatic N) is 4. The van der Waals surface area contributed by atoms with Crippen molar-refractivity contribution in [3.8, 4) is 5.75 Å². The van der Waals surface area contributed by atoms with Crippen molar-refractivity contribution in [2.45, 2.75) is 19.9 Å². The lowest BCUT2D eigenvalue weighted by Crippen LogP contribution is -2.49. The predicted molar refractivity (Wildman–Crippen MR) is 117 cm³/mol. The molecule has 0 N–H and O–H groups in total. The van der Waals surface area contributed by atoms with Gasteiger partial charge in [-0.15, -0.1) is 0 Å². The van der Waals surface area contributed by atoms with Crippen LogP contribution < -0.4 is 15.2 Å². The fourth-order valence-electron chi connectivity index (χ4n) is 3.95. The van der Waals surface area contributed by atoms with Crippen LogP contribution in [0, 0.1) is 0 Å². The number of rotatable bonds is 5. The van der Waals surface area contributed by atoms with E-state index in [9.17, 15) is 9.59 Å². The van der Waals surface area contributed by atoms with Gasteiger partial charge in [-0.3, -0.25) is 9.59 Å².